The van der Waals surface area contributed by atoms with Crippen molar-refractivity contribution in [3.63, 3.8) is 0 Å². The van der Waals surface area contributed by atoms with Gasteiger partial charge in [-0.05, 0) is 19.4 Å². The first-order valence-electron chi connectivity index (χ1n) is 4.42. The SMILES string of the molecule is C=C(COCC#CC)COCC#CC. The molecule has 0 N–H and O–H groups in total. The molecule has 0 aromatic heterocycles. The van der Waals surface area contributed by atoms with Crippen molar-refractivity contribution in [3.8, 4) is 23.7 Å². The highest BCUT2D eigenvalue weighted by molar-refractivity contribution is 4.99. The van der Waals surface area contributed by atoms with Gasteiger partial charge in [-0.25, -0.2) is 0 Å². The van der Waals surface area contributed by atoms with E-state index in [0.29, 0.717) is 26.4 Å². The lowest BCUT2D eigenvalue weighted by molar-refractivity contribution is 0.151. The summed E-state index contributed by atoms with van der Waals surface area (Å²) in [4.78, 5) is 0. The maximum Gasteiger partial charge on any atom is 0.108 e. The Morgan fingerprint density at radius 2 is 1.43 bits per heavy atom. The lowest BCUT2D eigenvalue weighted by atomic mass is 10.3. The van der Waals surface area contributed by atoms with E-state index in [2.05, 4.69) is 30.3 Å². The first-order chi connectivity index (χ1) is 6.81. The highest BCUT2D eigenvalue weighted by Gasteiger charge is 1.93. The third-order valence-electron chi connectivity index (χ3n) is 1.31. The fraction of sp³-hybridized carbons (Fsp3) is 0.500. The van der Waals surface area contributed by atoms with Gasteiger partial charge in [0.25, 0.3) is 0 Å². The maximum atomic E-state index is 5.20. The van der Waals surface area contributed by atoms with Crippen molar-refractivity contribution in [2.45, 2.75) is 13.8 Å². The highest BCUT2D eigenvalue weighted by Crippen LogP contribution is 1.92. The molecule has 0 radical (unpaired) electrons. The summed E-state index contributed by atoms with van der Waals surface area (Å²) in [5.74, 6) is 11.1. The molecule has 0 atom stereocenters. The van der Waals surface area contributed by atoms with Gasteiger partial charge in [0, 0.05) is 0 Å². The van der Waals surface area contributed by atoms with Gasteiger partial charge < -0.3 is 9.47 Å². The molecule has 2 nitrogen and oxygen atoms in total. The molecule has 0 aliphatic rings. The summed E-state index contributed by atoms with van der Waals surface area (Å²) in [7, 11) is 0. The minimum absolute atomic E-state index is 0.449. The predicted molar refractivity (Wildman–Crippen MR) is 57.7 cm³/mol. The molecular formula is C12H16O2. The van der Waals surface area contributed by atoms with Crippen LogP contribution in [-0.2, 0) is 9.47 Å². The molecule has 0 heterocycles. The fourth-order valence-electron chi connectivity index (χ4n) is 0.679. The maximum absolute atomic E-state index is 5.20. The van der Waals surface area contributed by atoms with Crippen LogP contribution in [0, 0.1) is 23.7 Å². The zero-order valence-corrected chi connectivity index (χ0v) is 8.85. The third-order valence-corrected chi connectivity index (χ3v) is 1.31. The zero-order chi connectivity index (χ0) is 10.6. The van der Waals surface area contributed by atoms with Crippen molar-refractivity contribution in [1.29, 1.82) is 0 Å². The molecule has 0 saturated carbocycles. The van der Waals surface area contributed by atoms with Crippen molar-refractivity contribution >= 4 is 0 Å². The second-order valence-electron chi connectivity index (χ2n) is 2.59. The molecule has 0 bridgehead atoms. The van der Waals surface area contributed by atoms with Gasteiger partial charge in [0.2, 0.25) is 0 Å². The summed E-state index contributed by atoms with van der Waals surface area (Å²) >= 11 is 0. The van der Waals surface area contributed by atoms with Gasteiger partial charge in [0.1, 0.15) is 13.2 Å². The Morgan fingerprint density at radius 1 is 1.00 bits per heavy atom. The molecule has 2 heteroatoms. The van der Waals surface area contributed by atoms with Crippen LogP contribution in [0.2, 0.25) is 0 Å². The van der Waals surface area contributed by atoms with Gasteiger partial charge in [0.15, 0.2) is 0 Å². The van der Waals surface area contributed by atoms with Gasteiger partial charge in [0.05, 0.1) is 13.2 Å². The summed E-state index contributed by atoms with van der Waals surface area (Å²) in [6.45, 7) is 9.25. The van der Waals surface area contributed by atoms with Gasteiger partial charge in [-0.1, -0.05) is 18.4 Å². The topological polar surface area (TPSA) is 18.5 Å². The molecule has 76 valence electrons. The monoisotopic (exact) mass is 192 g/mol. The van der Waals surface area contributed by atoms with Crippen molar-refractivity contribution < 1.29 is 9.47 Å². The Balaban J connectivity index is 3.34. The molecule has 0 aromatic carbocycles. The Bertz CT molecular complexity index is 242. The Morgan fingerprint density at radius 3 is 1.79 bits per heavy atom. The molecule has 14 heavy (non-hydrogen) atoms. The second-order valence-corrected chi connectivity index (χ2v) is 2.59. The summed E-state index contributed by atoms with van der Waals surface area (Å²) < 4.78 is 10.4. The van der Waals surface area contributed by atoms with Crippen LogP contribution in [0.5, 0.6) is 0 Å². The zero-order valence-electron chi connectivity index (χ0n) is 8.85. The number of rotatable bonds is 6. The van der Waals surface area contributed by atoms with Crippen LogP contribution >= 0.6 is 0 Å². The van der Waals surface area contributed by atoms with E-state index in [1.807, 2.05) is 0 Å². The van der Waals surface area contributed by atoms with Crippen LogP contribution in [0.3, 0.4) is 0 Å². The van der Waals surface area contributed by atoms with Crippen LogP contribution in [0.25, 0.3) is 0 Å². The van der Waals surface area contributed by atoms with Gasteiger partial charge in [-0.2, -0.15) is 0 Å². The van der Waals surface area contributed by atoms with Gasteiger partial charge in [-0.15, -0.1) is 11.8 Å². The van der Waals surface area contributed by atoms with Gasteiger partial charge in [-0.3, -0.25) is 0 Å². The van der Waals surface area contributed by atoms with Crippen molar-refractivity contribution in [2.75, 3.05) is 26.4 Å². The average molecular weight is 192 g/mol. The minimum Gasteiger partial charge on any atom is -0.364 e. The molecule has 0 aliphatic heterocycles. The van der Waals surface area contributed by atoms with Crippen LogP contribution in [-0.4, -0.2) is 26.4 Å². The van der Waals surface area contributed by atoms with E-state index >= 15 is 0 Å². The van der Waals surface area contributed by atoms with Crippen molar-refractivity contribution in [3.05, 3.63) is 12.2 Å². The minimum atomic E-state index is 0.449. The van der Waals surface area contributed by atoms with E-state index in [1.165, 1.54) is 0 Å². The van der Waals surface area contributed by atoms with E-state index in [9.17, 15) is 0 Å². The first kappa shape index (κ1) is 12.8. The molecule has 0 aliphatic carbocycles. The van der Waals surface area contributed by atoms with Crippen molar-refractivity contribution in [2.24, 2.45) is 0 Å². The van der Waals surface area contributed by atoms with E-state index < -0.39 is 0 Å². The van der Waals surface area contributed by atoms with E-state index in [4.69, 9.17) is 9.47 Å². The van der Waals surface area contributed by atoms with Crippen LogP contribution in [0.4, 0.5) is 0 Å². The van der Waals surface area contributed by atoms with Crippen LogP contribution < -0.4 is 0 Å². The van der Waals surface area contributed by atoms with E-state index in [0.717, 1.165) is 5.57 Å². The summed E-state index contributed by atoms with van der Waals surface area (Å²) in [5.41, 5.74) is 0.904. The smallest absolute Gasteiger partial charge is 0.108 e. The molecule has 0 rings (SSSR count). The van der Waals surface area contributed by atoms with Gasteiger partial charge >= 0.3 is 0 Å². The lowest BCUT2D eigenvalue weighted by Crippen LogP contribution is -2.04. The Labute approximate surface area is 86.3 Å². The average Bonchev–Trinajstić information content (AvgIpc) is 2.19. The lowest BCUT2D eigenvalue weighted by Gasteiger charge is -2.04. The first-order valence-corrected chi connectivity index (χ1v) is 4.42. The quantitative estimate of drug-likeness (QED) is 0.362. The molecule has 0 aromatic rings. The molecule has 0 spiro atoms. The molecule has 0 saturated heterocycles. The van der Waals surface area contributed by atoms with Crippen LogP contribution in [0.1, 0.15) is 13.8 Å². The van der Waals surface area contributed by atoms with Crippen molar-refractivity contribution in [1.82, 2.24) is 0 Å². The fourth-order valence-corrected chi connectivity index (χ4v) is 0.679. The van der Waals surface area contributed by atoms with Crippen LogP contribution in [0.15, 0.2) is 12.2 Å². The normalized spacial score (nSPS) is 8.14. The molecule has 0 fully saturated rings. The predicted octanol–water partition coefficient (Wildman–Crippen LogP) is 1.62. The number of hydrogen-bond acceptors (Lipinski definition) is 2. The standard InChI is InChI=1S/C12H16O2/c1-4-6-8-13-10-12(3)11-14-9-7-5-2/h3,8-11H2,1-2H3. The summed E-state index contributed by atoms with van der Waals surface area (Å²) in [6.07, 6.45) is 0. The largest absolute Gasteiger partial charge is 0.364 e. The van der Waals surface area contributed by atoms with E-state index in [-0.39, 0.29) is 0 Å². The summed E-state index contributed by atoms with van der Waals surface area (Å²) in [6, 6.07) is 0. The Kier molecular flexibility index (Phi) is 9.01. The molecular weight excluding hydrogens is 176 g/mol. The number of ether oxygens (including phenoxy) is 2. The highest BCUT2D eigenvalue weighted by atomic mass is 16.5. The second kappa shape index (κ2) is 9.86. The Hall–Kier alpha value is -1.22. The summed E-state index contributed by atoms with van der Waals surface area (Å²) in [5, 5.41) is 0. The molecule has 0 amide bonds. The van der Waals surface area contributed by atoms with E-state index in [1.54, 1.807) is 13.8 Å². The molecule has 0 unspecified atom stereocenters. The third kappa shape index (κ3) is 8.87. The number of hydrogen-bond donors (Lipinski definition) is 0.